The molecule has 0 aromatic carbocycles. The Morgan fingerprint density at radius 1 is 0.400 bits per heavy atom. The molecule has 0 spiro atoms. The van der Waals surface area contributed by atoms with Crippen molar-refractivity contribution in [3.63, 3.8) is 0 Å². The third kappa shape index (κ3) is 12.1. The molecule has 0 aliphatic rings. The van der Waals surface area contributed by atoms with Crippen LogP contribution >= 0.6 is 0 Å². The van der Waals surface area contributed by atoms with E-state index >= 15 is 0 Å². The molecule has 0 nitrogen and oxygen atoms in total. The summed E-state index contributed by atoms with van der Waals surface area (Å²) in [6.45, 7) is 1.93. The van der Waals surface area contributed by atoms with Crippen molar-refractivity contribution in [2.45, 2.75) is 67.9 Å². The second-order valence-corrected chi connectivity index (χ2v) is 5.78. The average molecular weight is 403 g/mol. The molecule has 0 saturated heterocycles. The van der Waals surface area contributed by atoms with Crippen LogP contribution in [0.5, 0.6) is 0 Å². The Labute approximate surface area is 133 Å². The maximum Gasteiger partial charge on any atom is 0.394 e. The molecule has 0 amide bonds. The van der Waals surface area contributed by atoms with Gasteiger partial charge in [0.1, 0.15) is 6.42 Å². The quantitative estimate of drug-likeness (QED) is 0.385. The molecule has 0 rings (SSSR count). The Morgan fingerprint density at radius 2 is 0.640 bits per heavy atom. The van der Waals surface area contributed by atoms with E-state index in [4.69, 9.17) is 0 Å². The van der Waals surface area contributed by atoms with Gasteiger partial charge in [0.05, 0.1) is 25.7 Å². The van der Waals surface area contributed by atoms with E-state index < -0.39 is 67.9 Å². The lowest BCUT2D eigenvalue weighted by molar-refractivity contribution is -0.218. The molecular formula is C12H12F13. The van der Waals surface area contributed by atoms with E-state index in [0.29, 0.717) is 0 Å². The summed E-state index contributed by atoms with van der Waals surface area (Å²) in [7, 11) is 0. The molecule has 13 heteroatoms. The van der Waals surface area contributed by atoms with Crippen LogP contribution in [-0.2, 0) is 0 Å². The van der Waals surface area contributed by atoms with Crippen LogP contribution in [0.15, 0.2) is 0 Å². The van der Waals surface area contributed by atoms with Crippen molar-refractivity contribution in [2.75, 3.05) is 0 Å². The first-order chi connectivity index (χ1) is 10.5. The van der Waals surface area contributed by atoms with Crippen molar-refractivity contribution < 1.29 is 57.1 Å². The zero-order valence-corrected chi connectivity index (χ0v) is 12.2. The molecule has 0 aromatic rings. The van der Waals surface area contributed by atoms with Gasteiger partial charge in [-0.15, -0.1) is 0 Å². The first-order valence-electron chi connectivity index (χ1n) is 6.35. The fourth-order valence-corrected chi connectivity index (χ4v) is 2.06. The standard InChI is InChI=1S/C12H12F13/c1-7(13,14)2-8(15,16)3-9(17,18)4-10(19,20)5-11(21,22)6-12(23,24)25/h1-6H2. The fraction of sp³-hybridized carbons (Fsp3) is 0.917. The molecule has 0 aliphatic carbocycles. The monoisotopic (exact) mass is 403 g/mol. The highest BCUT2D eigenvalue weighted by Gasteiger charge is 2.56. The molecule has 0 heterocycles. The van der Waals surface area contributed by atoms with Gasteiger partial charge in [0.15, 0.2) is 0 Å². The van der Waals surface area contributed by atoms with Crippen molar-refractivity contribution in [1.82, 2.24) is 0 Å². The molecule has 0 atom stereocenters. The van der Waals surface area contributed by atoms with Gasteiger partial charge >= 0.3 is 6.18 Å². The maximum atomic E-state index is 13.2. The molecule has 0 unspecified atom stereocenters. The van der Waals surface area contributed by atoms with Crippen LogP contribution in [0.2, 0.25) is 0 Å². The number of rotatable bonds is 9. The SMILES string of the molecule is [CH2]C(F)(F)CC(F)(F)CC(F)(F)CC(F)(F)CC(F)(F)CC(F)(F)F. The Balaban J connectivity index is 5.01. The van der Waals surface area contributed by atoms with E-state index in [-0.39, 0.29) is 0 Å². The van der Waals surface area contributed by atoms with Crippen molar-refractivity contribution >= 4 is 0 Å². The van der Waals surface area contributed by atoms with Gasteiger partial charge in [-0.05, 0) is 0 Å². The van der Waals surface area contributed by atoms with E-state index in [1.807, 2.05) is 6.92 Å². The van der Waals surface area contributed by atoms with Crippen LogP contribution in [-0.4, -0.2) is 35.8 Å². The summed E-state index contributed by atoms with van der Waals surface area (Å²) >= 11 is 0. The summed E-state index contributed by atoms with van der Waals surface area (Å²) in [6, 6.07) is 0. The first kappa shape index (κ1) is 24.1. The molecule has 1 radical (unpaired) electrons. The molecule has 0 aliphatic heterocycles. The number of hydrogen-bond acceptors (Lipinski definition) is 0. The second-order valence-electron chi connectivity index (χ2n) is 5.78. The molecule has 0 fully saturated rings. The highest BCUT2D eigenvalue weighted by molar-refractivity contribution is 4.89. The molecular weight excluding hydrogens is 391 g/mol. The predicted molar refractivity (Wildman–Crippen MR) is 59.2 cm³/mol. The third-order valence-corrected chi connectivity index (χ3v) is 2.53. The average Bonchev–Trinajstić information content (AvgIpc) is 1.97. The van der Waals surface area contributed by atoms with Gasteiger partial charge in [-0.2, -0.15) is 13.2 Å². The minimum absolute atomic E-state index is 1.93. The van der Waals surface area contributed by atoms with Crippen molar-refractivity contribution in [1.29, 1.82) is 0 Å². The van der Waals surface area contributed by atoms with Gasteiger partial charge in [0.25, 0.3) is 29.6 Å². The minimum Gasteiger partial charge on any atom is -0.207 e. The summed E-state index contributed by atoms with van der Waals surface area (Å²) < 4.78 is 165. The van der Waals surface area contributed by atoms with Gasteiger partial charge in [-0.3, -0.25) is 0 Å². The zero-order valence-electron chi connectivity index (χ0n) is 12.2. The number of halogens is 13. The van der Waals surface area contributed by atoms with E-state index in [9.17, 15) is 57.1 Å². The Bertz CT molecular complexity index is 389. The van der Waals surface area contributed by atoms with E-state index in [1.165, 1.54) is 0 Å². The Hall–Kier alpha value is -0.910. The van der Waals surface area contributed by atoms with Crippen molar-refractivity contribution in [3.05, 3.63) is 6.92 Å². The van der Waals surface area contributed by atoms with Crippen LogP contribution in [0.4, 0.5) is 57.1 Å². The number of hydrogen-bond donors (Lipinski definition) is 0. The highest BCUT2D eigenvalue weighted by atomic mass is 19.4. The van der Waals surface area contributed by atoms with Crippen molar-refractivity contribution in [3.8, 4) is 0 Å². The third-order valence-electron chi connectivity index (χ3n) is 2.53. The Morgan fingerprint density at radius 3 is 0.880 bits per heavy atom. The zero-order chi connectivity index (χ0) is 20.5. The molecule has 0 bridgehead atoms. The summed E-state index contributed by atoms with van der Waals surface area (Å²) in [5.41, 5.74) is 0. The summed E-state index contributed by atoms with van der Waals surface area (Å²) in [5.74, 6) is -24.6. The topological polar surface area (TPSA) is 0 Å². The summed E-state index contributed by atoms with van der Waals surface area (Å²) in [5, 5.41) is 0. The van der Waals surface area contributed by atoms with E-state index in [0.717, 1.165) is 0 Å². The molecule has 151 valence electrons. The first-order valence-corrected chi connectivity index (χ1v) is 6.35. The van der Waals surface area contributed by atoms with Gasteiger partial charge < -0.3 is 0 Å². The minimum atomic E-state index is -5.57. The molecule has 0 aromatic heterocycles. The van der Waals surface area contributed by atoms with E-state index in [2.05, 4.69) is 0 Å². The van der Waals surface area contributed by atoms with Crippen LogP contribution < -0.4 is 0 Å². The molecule has 0 N–H and O–H groups in total. The Kier molecular flexibility index (Phi) is 6.76. The largest absolute Gasteiger partial charge is 0.394 e. The second kappa shape index (κ2) is 7.01. The van der Waals surface area contributed by atoms with Gasteiger partial charge in [0, 0.05) is 6.92 Å². The lowest BCUT2D eigenvalue weighted by atomic mass is 9.96. The van der Waals surface area contributed by atoms with E-state index in [1.54, 1.807) is 0 Å². The van der Waals surface area contributed by atoms with Crippen LogP contribution in [0.3, 0.4) is 0 Å². The van der Waals surface area contributed by atoms with Crippen LogP contribution in [0.1, 0.15) is 32.1 Å². The molecule has 0 saturated carbocycles. The lowest BCUT2D eigenvalue weighted by Crippen LogP contribution is -2.40. The maximum absolute atomic E-state index is 13.2. The smallest absolute Gasteiger partial charge is 0.207 e. The molecule has 25 heavy (non-hydrogen) atoms. The van der Waals surface area contributed by atoms with Gasteiger partial charge in [-0.1, -0.05) is 0 Å². The summed E-state index contributed by atoms with van der Waals surface area (Å²) in [6.07, 6.45) is -19.9. The van der Waals surface area contributed by atoms with Gasteiger partial charge in [-0.25, -0.2) is 43.9 Å². The lowest BCUT2D eigenvalue weighted by Gasteiger charge is -2.29. The number of alkyl halides is 13. The summed E-state index contributed by atoms with van der Waals surface area (Å²) in [4.78, 5) is 0. The fourth-order valence-electron chi connectivity index (χ4n) is 2.06. The predicted octanol–water partition coefficient (Wildman–Crippen LogP) is 6.51. The van der Waals surface area contributed by atoms with Gasteiger partial charge in [0.2, 0.25) is 0 Å². The van der Waals surface area contributed by atoms with Crippen molar-refractivity contribution in [2.24, 2.45) is 0 Å². The van der Waals surface area contributed by atoms with Crippen LogP contribution in [0.25, 0.3) is 0 Å². The highest BCUT2D eigenvalue weighted by Crippen LogP contribution is 2.46. The normalized spacial score (nSPS) is 15.6. The van der Waals surface area contributed by atoms with Crippen LogP contribution in [0, 0.1) is 6.92 Å².